The Balaban J connectivity index is 2.22. The molecule has 0 heteroatoms. The number of hydrogen-bond donors (Lipinski definition) is 0. The summed E-state index contributed by atoms with van der Waals surface area (Å²) in [5, 5.41) is 2.82. The summed E-state index contributed by atoms with van der Waals surface area (Å²) < 4.78 is 0. The fraction of sp³-hybridized carbons (Fsp3) is 0.125. The van der Waals surface area contributed by atoms with Crippen LogP contribution in [0.5, 0.6) is 0 Å². The monoisotopic (exact) mass is 204 g/mol. The summed E-state index contributed by atoms with van der Waals surface area (Å²) in [7, 11) is 0. The van der Waals surface area contributed by atoms with E-state index in [1.54, 1.807) is 5.56 Å². The van der Waals surface area contributed by atoms with Gasteiger partial charge < -0.3 is 0 Å². The Labute approximate surface area is 94.9 Å². The highest BCUT2D eigenvalue weighted by molar-refractivity contribution is 6.01. The molecule has 0 unspecified atom stereocenters. The summed E-state index contributed by atoms with van der Waals surface area (Å²) in [6.07, 6.45) is 9.24. The van der Waals surface area contributed by atoms with Crippen LogP contribution in [0.1, 0.15) is 23.1 Å². The van der Waals surface area contributed by atoms with Gasteiger partial charge in [-0.3, -0.25) is 0 Å². The maximum absolute atomic E-state index is 2.37. The van der Waals surface area contributed by atoms with Gasteiger partial charge in [-0.2, -0.15) is 0 Å². The molecule has 0 spiro atoms. The minimum atomic E-state index is 1.18. The second kappa shape index (κ2) is 2.85. The predicted molar refractivity (Wildman–Crippen MR) is 69.3 cm³/mol. The lowest BCUT2D eigenvalue weighted by atomic mass is 9.87. The standard InChI is InChI=1S/C16H12/c1-2-6-14-12(4-1)10-13-9-8-11-5-3-7-15(14)16(11)13/h1-2,4-6,8-10H,3,7H2. The molecule has 0 nitrogen and oxygen atoms in total. The van der Waals surface area contributed by atoms with Crippen LogP contribution in [0.2, 0.25) is 0 Å². The van der Waals surface area contributed by atoms with E-state index in [2.05, 4.69) is 48.6 Å². The predicted octanol–water partition coefficient (Wildman–Crippen LogP) is 4.20. The molecule has 0 atom stereocenters. The van der Waals surface area contributed by atoms with Crippen molar-refractivity contribution in [1.82, 2.24) is 0 Å². The third kappa shape index (κ3) is 0.943. The lowest BCUT2D eigenvalue weighted by Gasteiger charge is -2.17. The smallest absolute Gasteiger partial charge is 0.00760 e. The Morgan fingerprint density at radius 2 is 1.94 bits per heavy atom. The molecule has 0 amide bonds. The fourth-order valence-electron chi connectivity index (χ4n) is 2.98. The van der Waals surface area contributed by atoms with Crippen LogP contribution in [-0.4, -0.2) is 0 Å². The minimum absolute atomic E-state index is 1.18. The summed E-state index contributed by atoms with van der Waals surface area (Å²) in [4.78, 5) is 0. The number of rotatable bonds is 0. The van der Waals surface area contributed by atoms with Gasteiger partial charge in [0.1, 0.15) is 0 Å². The first-order valence-electron chi connectivity index (χ1n) is 5.87. The molecule has 0 saturated carbocycles. The number of benzene rings is 2. The van der Waals surface area contributed by atoms with Crippen LogP contribution < -0.4 is 0 Å². The van der Waals surface area contributed by atoms with Gasteiger partial charge in [-0.15, -0.1) is 0 Å². The van der Waals surface area contributed by atoms with E-state index in [4.69, 9.17) is 0 Å². The van der Waals surface area contributed by atoms with Crippen LogP contribution in [-0.2, 0) is 6.42 Å². The molecule has 4 rings (SSSR count). The van der Waals surface area contributed by atoms with Crippen molar-refractivity contribution in [3.05, 3.63) is 59.2 Å². The molecule has 0 bridgehead atoms. The molecular formula is C16H12. The number of fused-ring (bicyclic) bond motifs is 2. The van der Waals surface area contributed by atoms with E-state index in [9.17, 15) is 0 Å². The van der Waals surface area contributed by atoms with Crippen LogP contribution in [0.15, 0.2) is 42.5 Å². The van der Waals surface area contributed by atoms with Crippen LogP contribution in [0.25, 0.3) is 22.4 Å². The van der Waals surface area contributed by atoms with Crippen LogP contribution >= 0.6 is 0 Å². The lowest BCUT2D eigenvalue weighted by Crippen LogP contribution is -1.99. The van der Waals surface area contributed by atoms with E-state index >= 15 is 0 Å². The molecule has 16 heavy (non-hydrogen) atoms. The van der Waals surface area contributed by atoms with E-state index in [1.165, 1.54) is 40.3 Å². The van der Waals surface area contributed by atoms with Crippen molar-refractivity contribution in [1.29, 1.82) is 0 Å². The van der Waals surface area contributed by atoms with Crippen LogP contribution in [0, 0.1) is 0 Å². The summed E-state index contributed by atoms with van der Waals surface area (Å²) in [5.41, 5.74) is 5.88. The Bertz CT molecular complexity index is 657. The normalized spacial score (nSPS) is 16.4. The number of aryl methyl sites for hydroxylation is 1. The molecular weight excluding hydrogens is 192 g/mol. The first-order chi connectivity index (χ1) is 7.93. The van der Waals surface area contributed by atoms with Crippen molar-refractivity contribution >= 4 is 22.4 Å². The van der Waals surface area contributed by atoms with E-state index in [0.717, 1.165) is 0 Å². The maximum Gasteiger partial charge on any atom is -0.00760 e. The lowest BCUT2D eigenvalue weighted by molar-refractivity contribution is 0.992. The maximum atomic E-state index is 2.37. The van der Waals surface area contributed by atoms with E-state index < -0.39 is 0 Å². The highest BCUT2D eigenvalue weighted by atomic mass is 14.2. The average molecular weight is 204 g/mol. The third-order valence-corrected chi connectivity index (χ3v) is 3.68. The SMILES string of the molecule is C1=Cc2cc3ccccc3c3c2C1=CCC3. The van der Waals surface area contributed by atoms with Gasteiger partial charge in [0.25, 0.3) is 0 Å². The van der Waals surface area contributed by atoms with Crippen molar-refractivity contribution in [3.8, 4) is 0 Å². The zero-order chi connectivity index (χ0) is 10.5. The van der Waals surface area contributed by atoms with Crippen molar-refractivity contribution in [2.45, 2.75) is 12.8 Å². The zero-order valence-electron chi connectivity index (χ0n) is 9.03. The summed E-state index contributed by atoms with van der Waals surface area (Å²) >= 11 is 0. The molecule has 0 fully saturated rings. The van der Waals surface area contributed by atoms with Crippen molar-refractivity contribution in [2.24, 2.45) is 0 Å². The third-order valence-electron chi connectivity index (χ3n) is 3.68. The second-order valence-electron chi connectivity index (χ2n) is 4.57. The molecule has 2 aliphatic carbocycles. The largest absolute Gasteiger partial charge is 0.0763 e. The van der Waals surface area contributed by atoms with Crippen LogP contribution in [0.3, 0.4) is 0 Å². The second-order valence-corrected chi connectivity index (χ2v) is 4.57. The topological polar surface area (TPSA) is 0 Å². The number of hydrogen-bond acceptors (Lipinski definition) is 0. The van der Waals surface area contributed by atoms with Crippen LogP contribution in [0.4, 0.5) is 0 Å². The molecule has 76 valence electrons. The average Bonchev–Trinajstić information content (AvgIpc) is 2.75. The first kappa shape index (κ1) is 8.35. The zero-order valence-corrected chi connectivity index (χ0v) is 9.03. The van der Waals surface area contributed by atoms with E-state index in [1.807, 2.05) is 0 Å². The number of allylic oxidation sites excluding steroid dienone is 3. The van der Waals surface area contributed by atoms with Gasteiger partial charge in [0, 0.05) is 0 Å². The fourth-order valence-corrected chi connectivity index (χ4v) is 2.98. The highest BCUT2D eigenvalue weighted by Crippen LogP contribution is 2.40. The molecule has 2 aliphatic rings. The van der Waals surface area contributed by atoms with Gasteiger partial charge in [-0.05, 0) is 51.9 Å². The van der Waals surface area contributed by atoms with Gasteiger partial charge in [0.05, 0.1) is 0 Å². The van der Waals surface area contributed by atoms with E-state index in [0.29, 0.717) is 0 Å². The summed E-state index contributed by atoms with van der Waals surface area (Å²) in [6.45, 7) is 0. The molecule has 0 radical (unpaired) electrons. The van der Waals surface area contributed by atoms with Crippen molar-refractivity contribution in [3.63, 3.8) is 0 Å². The molecule has 2 aromatic carbocycles. The quantitative estimate of drug-likeness (QED) is 0.603. The molecule has 0 aliphatic heterocycles. The molecule has 0 heterocycles. The molecule has 0 aromatic heterocycles. The summed E-state index contributed by atoms with van der Waals surface area (Å²) in [5.74, 6) is 0. The molecule has 0 saturated heterocycles. The molecule has 0 N–H and O–H groups in total. The van der Waals surface area contributed by atoms with E-state index in [-0.39, 0.29) is 0 Å². The van der Waals surface area contributed by atoms with Gasteiger partial charge >= 0.3 is 0 Å². The highest BCUT2D eigenvalue weighted by Gasteiger charge is 2.20. The first-order valence-corrected chi connectivity index (χ1v) is 5.87. The van der Waals surface area contributed by atoms with Gasteiger partial charge in [0.15, 0.2) is 0 Å². The Hall–Kier alpha value is -1.82. The van der Waals surface area contributed by atoms with Gasteiger partial charge in [-0.25, -0.2) is 0 Å². The Morgan fingerprint density at radius 3 is 2.94 bits per heavy atom. The minimum Gasteiger partial charge on any atom is -0.0763 e. The van der Waals surface area contributed by atoms with Crippen molar-refractivity contribution < 1.29 is 0 Å². The van der Waals surface area contributed by atoms with Gasteiger partial charge in [0.2, 0.25) is 0 Å². The van der Waals surface area contributed by atoms with Gasteiger partial charge in [-0.1, -0.05) is 42.5 Å². The Kier molecular flexibility index (Phi) is 1.49. The molecule has 2 aromatic rings. The summed E-state index contributed by atoms with van der Waals surface area (Å²) in [6, 6.07) is 11.1. The van der Waals surface area contributed by atoms with Crippen molar-refractivity contribution in [2.75, 3.05) is 0 Å². The Morgan fingerprint density at radius 1 is 1.00 bits per heavy atom.